The fourth-order valence-electron chi connectivity index (χ4n) is 7.97. The van der Waals surface area contributed by atoms with Crippen molar-refractivity contribution < 1.29 is 5.48 Å². The Morgan fingerprint density at radius 3 is 1.42 bits per heavy atom. The van der Waals surface area contributed by atoms with Gasteiger partial charge in [0, 0.05) is 16.9 Å². The maximum atomic E-state index is 9.73. The van der Waals surface area contributed by atoms with E-state index in [1.807, 2.05) is 120 Å². The summed E-state index contributed by atoms with van der Waals surface area (Å²) in [6, 6.07) is 75.4. The number of rotatable bonds is 9. The highest BCUT2D eigenvalue weighted by molar-refractivity contribution is 5.97. The van der Waals surface area contributed by atoms with Crippen molar-refractivity contribution in [2.75, 3.05) is 4.90 Å². The number of nitrogens with zero attached hydrogens (tertiary/aromatic N) is 1. The maximum Gasteiger partial charge on any atom is 0.0645 e. The molecule has 0 atom stereocenters. The maximum absolute atomic E-state index is 9.73. The molecule has 10 aromatic rings. The fourth-order valence-corrected chi connectivity index (χ4v) is 7.97. The van der Waals surface area contributed by atoms with E-state index in [0.717, 1.165) is 72.1 Å². The van der Waals surface area contributed by atoms with Crippen LogP contribution in [0.3, 0.4) is 0 Å². The second-order valence-corrected chi connectivity index (χ2v) is 14.6. The molecule has 10 aromatic carbocycles. The summed E-state index contributed by atoms with van der Waals surface area (Å²) < 4.78 is 38.6. The van der Waals surface area contributed by atoms with Gasteiger partial charge in [-0.2, -0.15) is 0 Å². The van der Waals surface area contributed by atoms with Crippen molar-refractivity contribution in [1.82, 2.24) is 0 Å². The molecule has 0 bridgehead atoms. The van der Waals surface area contributed by atoms with Gasteiger partial charge < -0.3 is 4.90 Å². The van der Waals surface area contributed by atoms with Crippen molar-refractivity contribution in [3.05, 3.63) is 249 Å². The molecule has 10 rings (SSSR count). The Kier molecular flexibility index (Phi) is 8.51. The molecule has 1 nitrogen and oxygen atoms in total. The summed E-state index contributed by atoms with van der Waals surface area (Å²) in [6.07, 6.45) is 0. The number of fused-ring (bicyclic) bond motifs is 1. The number of hydrogen-bond acceptors (Lipinski definition) is 1. The average molecular weight is 756 g/mol. The Morgan fingerprint density at radius 2 is 0.712 bits per heavy atom. The summed E-state index contributed by atoms with van der Waals surface area (Å²) in [5, 5.41) is 2.22. The summed E-state index contributed by atoms with van der Waals surface area (Å²) in [5.41, 5.74) is 12.9. The van der Waals surface area contributed by atoms with Crippen LogP contribution in [0, 0.1) is 0 Å². The summed E-state index contributed by atoms with van der Waals surface area (Å²) in [6.45, 7) is 0. The minimum Gasteiger partial charge on any atom is -0.310 e. The molecule has 0 aromatic heterocycles. The minimum absolute atomic E-state index is 0.106. The highest BCUT2D eigenvalue weighted by Crippen LogP contribution is 2.42. The standard InChI is InChI=1S/C58H41N/c1-3-14-42(15-4-1)44-28-30-48(31-29-44)57-25-9-10-27-58(57)59(53-36-32-45(33-37-53)50-21-11-20-49(40-50)43-16-5-2-6-17-43)54-38-34-46(35-39-54)51-22-12-23-52(41-51)56-26-13-19-47-18-7-8-24-55(47)56/h1-41H/i34D,35D,38D,39D. The monoisotopic (exact) mass is 755 g/mol. The molecular formula is C58H41N. The molecule has 0 saturated carbocycles. The molecule has 0 N–H and O–H groups in total. The van der Waals surface area contributed by atoms with E-state index in [4.69, 9.17) is 0 Å². The van der Waals surface area contributed by atoms with Gasteiger partial charge >= 0.3 is 0 Å². The largest absolute Gasteiger partial charge is 0.310 e. The predicted molar refractivity (Wildman–Crippen MR) is 251 cm³/mol. The Labute approximate surface area is 352 Å². The van der Waals surface area contributed by atoms with E-state index in [1.165, 1.54) is 0 Å². The molecule has 0 aliphatic rings. The van der Waals surface area contributed by atoms with Gasteiger partial charge in [0.05, 0.1) is 11.2 Å². The van der Waals surface area contributed by atoms with Crippen LogP contribution in [-0.4, -0.2) is 0 Å². The minimum atomic E-state index is -0.129. The molecule has 0 aliphatic carbocycles. The SMILES string of the molecule is [2H]c1c([2H])c(N(c2ccc(-c3cccc(-c4ccccc4)c3)cc2)c2ccccc2-c2ccc(-c3ccccc3)cc2)c([2H])c([2H])c1-c1cccc(-c2cccc3ccccc23)c1. The molecule has 0 spiro atoms. The van der Waals surface area contributed by atoms with Gasteiger partial charge in [-0.15, -0.1) is 0 Å². The van der Waals surface area contributed by atoms with Gasteiger partial charge in [-0.05, 0) is 114 Å². The number of benzene rings is 10. The van der Waals surface area contributed by atoms with E-state index in [2.05, 4.69) is 109 Å². The molecule has 278 valence electrons. The smallest absolute Gasteiger partial charge is 0.0645 e. The first-order valence-electron chi connectivity index (χ1n) is 21.9. The highest BCUT2D eigenvalue weighted by Gasteiger charge is 2.18. The molecule has 0 heterocycles. The van der Waals surface area contributed by atoms with E-state index in [0.29, 0.717) is 11.3 Å². The van der Waals surface area contributed by atoms with Crippen molar-refractivity contribution in [2.24, 2.45) is 0 Å². The topological polar surface area (TPSA) is 3.24 Å². The molecule has 0 saturated heterocycles. The van der Waals surface area contributed by atoms with Crippen LogP contribution in [0.15, 0.2) is 249 Å². The first-order chi connectivity index (χ1) is 30.9. The number of para-hydroxylation sites is 1. The van der Waals surface area contributed by atoms with E-state index in [1.54, 1.807) is 0 Å². The van der Waals surface area contributed by atoms with Crippen molar-refractivity contribution in [1.29, 1.82) is 0 Å². The van der Waals surface area contributed by atoms with Gasteiger partial charge in [-0.3, -0.25) is 0 Å². The van der Waals surface area contributed by atoms with E-state index < -0.39 is 0 Å². The van der Waals surface area contributed by atoms with Crippen LogP contribution < -0.4 is 4.90 Å². The molecule has 0 amide bonds. The Hall–Kier alpha value is -7.74. The lowest BCUT2D eigenvalue weighted by Gasteiger charge is -2.28. The second kappa shape index (κ2) is 16.0. The second-order valence-electron chi connectivity index (χ2n) is 14.6. The third kappa shape index (κ3) is 7.34. The van der Waals surface area contributed by atoms with Gasteiger partial charge in [0.25, 0.3) is 0 Å². The van der Waals surface area contributed by atoms with Gasteiger partial charge in [0.15, 0.2) is 0 Å². The average Bonchev–Trinajstić information content (AvgIpc) is 3.35. The van der Waals surface area contributed by atoms with E-state index in [9.17, 15) is 5.48 Å². The van der Waals surface area contributed by atoms with Crippen LogP contribution in [0.1, 0.15) is 5.48 Å². The van der Waals surface area contributed by atoms with Crippen molar-refractivity contribution in [3.8, 4) is 66.8 Å². The number of hydrogen-bond donors (Lipinski definition) is 0. The van der Waals surface area contributed by atoms with Crippen LogP contribution >= 0.6 is 0 Å². The van der Waals surface area contributed by atoms with Crippen molar-refractivity contribution in [3.63, 3.8) is 0 Å². The van der Waals surface area contributed by atoms with E-state index in [-0.39, 0.29) is 35.4 Å². The van der Waals surface area contributed by atoms with Crippen LogP contribution in [0.4, 0.5) is 17.1 Å². The van der Waals surface area contributed by atoms with Crippen LogP contribution in [0.5, 0.6) is 0 Å². The summed E-state index contributed by atoms with van der Waals surface area (Å²) in [7, 11) is 0. The van der Waals surface area contributed by atoms with Crippen LogP contribution in [0.25, 0.3) is 77.5 Å². The van der Waals surface area contributed by atoms with Gasteiger partial charge in [-0.1, -0.05) is 206 Å². The summed E-state index contributed by atoms with van der Waals surface area (Å²) >= 11 is 0. The Bertz CT molecular complexity index is 3220. The summed E-state index contributed by atoms with van der Waals surface area (Å²) in [5.74, 6) is 0. The van der Waals surface area contributed by atoms with Crippen molar-refractivity contribution >= 4 is 27.8 Å². The Balaban J connectivity index is 1.11. The third-order valence-corrected chi connectivity index (χ3v) is 11.0. The molecular weight excluding hydrogens is 711 g/mol. The van der Waals surface area contributed by atoms with Gasteiger partial charge in [-0.25, -0.2) is 0 Å². The summed E-state index contributed by atoms with van der Waals surface area (Å²) in [4.78, 5) is 1.89. The number of anilines is 3. The quantitative estimate of drug-likeness (QED) is 0.142. The van der Waals surface area contributed by atoms with E-state index >= 15 is 0 Å². The lowest BCUT2D eigenvalue weighted by Crippen LogP contribution is -2.11. The molecule has 0 unspecified atom stereocenters. The van der Waals surface area contributed by atoms with Crippen LogP contribution in [-0.2, 0) is 0 Å². The Morgan fingerprint density at radius 1 is 0.271 bits per heavy atom. The van der Waals surface area contributed by atoms with Crippen LogP contribution in [0.2, 0.25) is 0 Å². The first-order valence-corrected chi connectivity index (χ1v) is 19.9. The molecule has 59 heavy (non-hydrogen) atoms. The zero-order chi connectivity index (χ0) is 42.9. The van der Waals surface area contributed by atoms with Crippen molar-refractivity contribution in [2.45, 2.75) is 0 Å². The molecule has 0 aliphatic heterocycles. The highest BCUT2D eigenvalue weighted by atomic mass is 15.1. The molecule has 1 heteroatoms. The molecule has 0 fully saturated rings. The zero-order valence-corrected chi connectivity index (χ0v) is 32.3. The fraction of sp³-hybridized carbons (Fsp3) is 0. The normalized spacial score (nSPS) is 12.0. The molecule has 0 radical (unpaired) electrons. The zero-order valence-electron chi connectivity index (χ0n) is 36.3. The van der Waals surface area contributed by atoms with Gasteiger partial charge in [0.1, 0.15) is 0 Å². The predicted octanol–water partition coefficient (Wildman–Crippen LogP) is 16.3. The lowest BCUT2D eigenvalue weighted by molar-refractivity contribution is 1.28. The lowest BCUT2D eigenvalue weighted by atomic mass is 9.95. The first kappa shape index (κ1) is 31.4. The third-order valence-electron chi connectivity index (χ3n) is 11.0. The van der Waals surface area contributed by atoms with Gasteiger partial charge in [0.2, 0.25) is 0 Å².